The maximum atomic E-state index is 13.2. The second-order valence-electron chi connectivity index (χ2n) is 6.80. The van der Waals surface area contributed by atoms with Crippen molar-refractivity contribution in [1.29, 1.82) is 0 Å². The number of carbonyl (C=O) groups is 1. The Kier molecular flexibility index (Phi) is 6.09. The van der Waals surface area contributed by atoms with Gasteiger partial charge in [0.25, 0.3) is 0 Å². The molecule has 2 aliphatic rings. The monoisotopic (exact) mass is 404 g/mol. The van der Waals surface area contributed by atoms with Crippen molar-refractivity contribution in [3.05, 3.63) is 34.1 Å². The second kappa shape index (κ2) is 7.49. The number of nitrogens with two attached hydrogens (primary N) is 1. The van der Waals surface area contributed by atoms with Gasteiger partial charge in [-0.25, -0.2) is 4.39 Å². The fourth-order valence-electron chi connectivity index (χ4n) is 4.14. The first-order valence-electron chi connectivity index (χ1n) is 7.95. The third-order valence-corrected chi connectivity index (χ3v) is 5.81. The first-order valence-corrected chi connectivity index (χ1v) is 8.75. The zero-order valence-corrected chi connectivity index (χ0v) is 15.5. The Morgan fingerprint density at radius 3 is 2.74 bits per heavy atom. The first kappa shape index (κ1) is 18.7. The summed E-state index contributed by atoms with van der Waals surface area (Å²) in [6.07, 6.45) is 4.10. The second-order valence-corrected chi connectivity index (χ2v) is 7.65. The maximum Gasteiger partial charge on any atom is 0.225 e. The van der Waals surface area contributed by atoms with Gasteiger partial charge in [-0.3, -0.25) is 4.79 Å². The van der Waals surface area contributed by atoms with Gasteiger partial charge in [0.2, 0.25) is 5.91 Å². The lowest BCUT2D eigenvalue weighted by Gasteiger charge is -2.28. The molecule has 5 atom stereocenters. The Morgan fingerprint density at radius 1 is 1.43 bits per heavy atom. The van der Waals surface area contributed by atoms with Crippen LogP contribution < -0.4 is 11.1 Å². The summed E-state index contributed by atoms with van der Waals surface area (Å²) in [5.74, 6) is 0.791. The molecule has 0 aliphatic heterocycles. The molecule has 128 valence electrons. The van der Waals surface area contributed by atoms with Gasteiger partial charge in [0, 0.05) is 12.1 Å². The molecule has 2 fully saturated rings. The number of hydrogen-bond donors (Lipinski definition) is 2. The Hall–Kier alpha value is -0.650. The minimum Gasteiger partial charge on any atom is -0.353 e. The lowest BCUT2D eigenvalue weighted by Crippen LogP contribution is -2.47. The number of hydrogen-bond acceptors (Lipinski definition) is 2. The quantitative estimate of drug-likeness (QED) is 0.806. The van der Waals surface area contributed by atoms with Gasteiger partial charge in [0.15, 0.2) is 0 Å². The van der Waals surface area contributed by atoms with Crippen molar-refractivity contribution >= 4 is 34.2 Å². The molecule has 0 radical (unpaired) electrons. The molecule has 1 amide bonds. The van der Waals surface area contributed by atoms with Crippen LogP contribution >= 0.6 is 28.3 Å². The van der Waals surface area contributed by atoms with Crippen molar-refractivity contribution in [2.75, 3.05) is 0 Å². The number of benzene rings is 1. The normalized spacial score (nSPS) is 29.9. The predicted octanol–water partition coefficient (Wildman–Crippen LogP) is 3.43. The predicted molar refractivity (Wildman–Crippen MR) is 95.0 cm³/mol. The number of nitrogens with one attached hydrogen (secondary N) is 1. The molecule has 3 nitrogen and oxygen atoms in total. The lowest BCUT2D eigenvalue weighted by atomic mass is 9.84. The van der Waals surface area contributed by atoms with E-state index in [1.165, 1.54) is 12.5 Å². The standard InChI is InChI=1S/C17H22BrFN2O.ClH/c1-9(6-10-2-5-14(19)13(18)7-10)21-17(22)15-11-3-4-12(8-11)16(15)20;/h2,5,7,9,11-12,15-16H,3-4,6,8,20H2,1H3,(H,21,22);1H. The van der Waals surface area contributed by atoms with Crippen LogP contribution in [0.5, 0.6) is 0 Å². The van der Waals surface area contributed by atoms with Gasteiger partial charge >= 0.3 is 0 Å². The molecule has 3 N–H and O–H groups in total. The zero-order chi connectivity index (χ0) is 15.9. The average Bonchev–Trinajstić information content (AvgIpc) is 3.03. The highest BCUT2D eigenvalue weighted by molar-refractivity contribution is 9.10. The van der Waals surface area contributed by atoms with E-state index < -0.39 is 0 Å². The maximum absolute atomic E-state index is 13.2. The molecule has 5 unspecified atom stereocenters. The van der Waals surface area contributed by atoms with Crippen LogP contribution in [0.25, 0.3) is 0 Å². The third-order valence-electron chi connectivity index (χ3n) is 5.20. The van der Waals surface area contributed by atoms with Gasteiger partial charge in [0.05, 0.1) is 10.4 Å². The SMILES string of the molecule is CC(Cc1ccc(F)c(Br)c1)NC(=O)C1C2CCC(C2)C1N.Cl. The molecule has 2 aliphatic carbocycles. The lowest BCUT2D eigenvalue weighted by molar-refractivity contribution is -0.127. The summed E-state index contributed by atoms with van der Waals surface area (Å²) in [7, 11) is 0. The van der Waals surface area contributed by atoms with Crippen molar-refractivity contribution in [3.8, 4) is 0 Å². The number of halogens is 3. The van der Waals surface area contributed by atoms with E-state index in [-0.39, 0.29) is 42.1 Å². The molecule has 0 spiro atoms. The van der Waals surface area contributed by atoms with E-state index >= 15 is 0 Å². The largest absolute Gasteiger partial charge is 0.353 e. The molecule has 0 saturated heterocycles. The Morgan fingerprint density at radius 2 is 2.13 bits per heavy atom. The number of rotatable bonds is 4. The van der Waals surface area contributed by atoms with Gasteiger partial charge in [-0.15, -0.1) is 12.4 Å². The summed E-state index contributed by atoms with van der Waals surface area (Å²) >= 11 is 3.19. The third kappa shape index (κ3) is 3.89. The minimum atomic E-state index is -0.270. The summed E-state index contributed by atoms with van der Waals surface area (Å²) in [5.41, 5.74) is 7.22. The smallest absolute Gasteiger partial charge is 0.225 e. The molecule has 0 heterocycles. The Balaban J connectivity index is 0.00000192. The van der Waals surface area contributed by atoms with E-state index in [2.05, 4.69) is 21.2 Å². The van der Waals surface area contributed by atoms with Crippen LogP contribution in [0, 0.1) is 23.6 Å². The van der Waals surface area contributed by atoms with Crippen LogP contribution in [-0.4, -0.2) is 18.0 Å². The molecule has 23 heavy (non-hydrogen) atoms. The molecular formula is C17H23BrClFN2O. The first-order chi connectivity index (χ1) is 10.5. The minimum absolute atomic E-state index is 0. The number of amides is 1. The van der Waals surface area contributed by atoms with Crippen LogP contribution in [0.3, 0.4) is 0 Å². The van der Waals surface area contributed by atoms with Crippen LogP contribution in [0.4, 0.5) is 4.39 Å². The summed E-state index contributed by atoms with van der Waals surface area (Å²) in [4.78, 5) is 12.5. The number of carbonyl (C=O) groups excluding carboxylic acids is 1. The Bertz CT molecular complexity index is 584. The van der Waals surface area contributed by atoms with E-state index in [4.69, 9.17) is 5.73 Å². The zero-order valence-electron chi connectivity index (χ0n) is 13.1. The molecule has 2 saturated carbocycles. The van der Waals surface area contributed by atoms with Crippen LogP contribution in [-0.2, 0) is 11.2 Å². The van der Waals surface area contributed by atoms with Crippen molar-refractivity contribution < 1.29 is 9.18 Å². The van der Waals surface area contributed by atoms with Crippen LogP contribution in [0.2, 0.25) is 0 Å². The van der Waals surface area contributed by atoms with E-state index in [1.807, 2.05) is 6.92 Å². The van der Waals surface area contributed by atoms with Crippen molar-refractivity contribution in [1.82, 2.24) is 5.32 Å². The summed E-state index contributed by atoms with van der Waals surface area (Å²) in [6.45, 7) is 1.98. The van der Waals surface area contributed by atoms with Gasteiger partial charge in [0.1, 0.15) is 5.82 Å². The van der Waals surface area contributed by atoms with E-state index in [1.54, 1.807) is 12.1 Å². The van der Waals surface area contributed by atoms with Gasteiger partial charge < -0.3 is 11.1 Å². The van der Waals surface area contributed by atoms with Gasteiger partial charge in [-0.1, -0.05) is 6.07 Å². The molecule has 6 heteroatoms. The molecule has 1 aromatic rings. The van der Waals surface area contributed by atoms with Crippen molar-refractivity contribution in [3.63, 3.8) is 0 Å². The highest BCUT2D eigenvalue weighted by Crippen LogP contribution is 2.47. The van der Waals surface area contributed by atoms with Crippen molar-refractivity contribution in [2.24, 2.45) is 23.5 Å². The topological polar surface area (TPSA) is 55.1 Å². The van der Waals surface area contributed by atoms with Crippen LogP contribution in [0.15, 0.2) is 22.7 Å². The fraction of sp³-hybridized carbons (Fsp3) is 0.588. The molecule has 1 aromatic carbocycles. The summed E-state index contributed by atoms with van der Waals surface area (Å²) in [6, 6.07) is 5.00. The Labute approximate surface area is 151 Å². The molecule has 2 bridgehead atoms. The summed E-state index contributed by atoms with van der Waals surface area (Å²) < 4.78 is 13.7. The highest BCUT2D eigenvalue weighted by Gasteiger charge is 2.49. The van der Waals surface area contributed by atoms with Crippen molar-refractivity contribution in [2.45, 2.75) is 44.7 Å². The van der Waals surface area contributed by atoms with E-state index in [0.29, 0.717) is 22.7 Å². The highest BCUT2D eigenvalue weighted by atomic mass is 79.9. The molecule has 3 rings (SSSR count). The van der Waals surface area contributed by atoms with E-state index in [9.17, 15) is 9.18 Å². The van der Waals surface area contributed by atoms with E-state index in [0.717, 1.165) is 18.4 Å². The average molecular weight is 406 g/mol. The van der Waals surface area contributed by atoms with Gasteiger partial charge in [-0.05, 0) is 78.1 Å². The van der Waals surface area contributed by atoms with Crippen LogP contribution in [0.1, 0.15) is 31.7 Å². The summed E-state index contributed by atoms with van der Waals surface area (Å²) in [5, 5.41) is 3.09. The van der Waals surface area contributed by atoms with Gasteiger partial charge in [-0.2, -0.15) is 0 Å². The number of fused-ring (bicyclic) bond motifs is 2. The fourth-order valence-corrected chi connectivity index (χ4v) is 4.56. The molecule has 0 aromatic heterocycles. The molecular weight excluding hydrogens is 383 g/mol.